The summed E-state index contributed by atoms with van der Waals surface area (Å²) >= 11 is 2.33. The van der Waals surface area contributed by atoms with Crippen LogP contribution in [0.5, 0.6) is 0 Å². The number of nitrogens with one attached hydrogen (secondary N) is 1. The summed E-state index contributed by atoms with van der Waals surface area (Å²) in [5.41, 5.74) is 1.33. The van der Waals surface area contributed by atoms with Crippen LogP contribution in [-0.2, 0) is 0 Å². The van der Waals surface area contributed by atoms with E-state index in [2.05, 4.69) is 70.9 Å². The lowest BCUT2D eigenvalue weighted by atomic mass is 10.0. The molecule has 0 heterocycles. The van der Waals surface area contributed by atoms with Crippen LogP contribution in [0.15, 0.2) is 24.3 Å². The van der Waals surface area contributed by atoms with E-state index >= 15 is 0 Å². The molecule has 0 aliphatic heterocycles. The lowest BCUT2D eigenvalue weighted by Gasteiger charge is -2.16. The van der Waals surface area contributed by atoms with Crippen LogP contribution in [-0.4, -0.2) is 6.54 Å². The van der Waals surface area contributed by atoms with Crippen molar-refractivity contribution >= 4 is 22.6 Å². The molecule has 0 fully saturated rings. The topological polar surface area (TPSA) is 12.0 Å². The molecule has 0 bridgehead atoms. The summed E-state index contributed by atoms with van der Waals surface area (Å²) in [6, 6.07) is 9.04. The summed E-state index contributed by atoms with van der Waals surface area (Å²) in [6.45, 7) is 5.12. The highest BCUT2D eigenvalue weighted by Gasteiger charge is 2.08. The summed E-state index contributed by atoms with van der Waals surface area (Å²) < 4.78 is 1.28. The van der Waals surface area contributed by atoms with Crippen molar-refractivity contribution in [2.75, 3.05) is 6.54 Å². The second-order valence-corrected chi connectivity index (χ2v) is 4.93. The van der Waals surface area contributed by atoms with E-state index in [-0.39, 0.29) is 0 Å². The van der Waals surface area contributed by atoms with Gasteiger partial charge < -0.3 is 5.32 Å². The Morgan fingerprint density at radius 3 is 2.56 bits per heavy atom. The maximum Gasteiger partial charge on any atom is 0.0430 e. The number of benzene rings is 1. The van der Waals surface area contributed by atoms with Gasteiger partial charge >= 0.3 is 0 Å². The van der Waals surface area contributed by atoms with Crippen molar-refractivity contribution in [2.45, 2.75) is 32.7 Å². The highest BCUT2D eigenvalue weighted by Crippen LogP contribution is 2.17. The molecule has 0 aliphatic carbocycles. The van der Waals surface area contributed by atoms with Gasteiger partial charge in [0.15, 0.2) is 0 Å². The van der Waals surface area contributed by atoms with Crippen molar-refractivity contribution in [1.82, 2.24) is 5.32 Å². The molecule has 1 N–H and O–H groups in total. The second kappa shape index (κ2) is 7.70. The summed E-state index contributed by atoms with van der Waals surface area (Å²) in [5.74, 6) is 6.12. The van der Waals surface area contributed by atoms with E-state index in [1.54, 1.807) is 0 Å². The first-order chi connectivity index (χ1) is 7.77. The Hall–Kier alpha value is -0.530. The van der Waals surface area contributed by atoms with Gasteiger partial charge in [-0.15, -0.1) is 11.8 Å². The molecule has 1 nitrogen and oxygen atoms in total. The minimum absolute atomic E-state index is 0.365. The Bertz CT molecular complexity index is 359. The van der Waals surface area contributed by atoms with Crippen LogP contribution < -0.4 is 5.32 Å². The van der Waals surface area contributed by atoms with E-state index < -0.39 is 0 Å². The number of halogens is 1. The van der Waals surface area contributed by atoms with E-state index in [4.69, 9.17) is 0 Å². The highest BCUT2D eigenvalue weighted by molar-refractivity contribution is 14.1. The molecule has 0 amide bonds. The summed E-state index contributed by atoms with van der Waals surface area (Å²) in [7, 11) is 0. The monoisotopic (exact) mass is 327 g/mol. The predicted octanol–water partition coefficient (Wildman–Crippen LogP) is 3.75. The normalized spacial score (nSPS) is 11.7. The highest BCUT2D eigenvalue weighted by atomic mass is 127. The summed E-state index contributed by atoms with van der Waals surface area (Å²) in [6.07, 6.45) is 2.04. The first-order valence-electron chi connectivity index (χ1n) is 5.66. The van der Waals surface area contributed by atoms with Crippen LogP contribution in [0.3, 0.4) is 0 Å². The Kier molecular flexibility index (Phi) is 6.51. The molecule has 0 spiro atoms. The molecule has 1 aromatic rings. The third kappa shape index (κ3) is 4.54. The SMILES string of the molecule is CC#CCC(NCCC)c1ccc(I)cc1. The minimum atomic E-state index is 0.365. The molecular formula is C14H18IN. The quantitative estimate of drug-likeness (QED) is 0.642. The summed E-state index contributed by atoms with van der Waals surface area (Å²) in [5, 5.41) is 3.54. The van der Waals surface area contributed by atoms with Gasteiger partial charge in [0, 0.05) is 16.0 Å². The molecule has 2 heteroatoms. The van der Waals surface area contributed by atoms with Gasteiger partial charge in [0.1, 0.15) is 0 Å². The molecule has 1 rings (SSSR count). The zero-order valence-corrected chi connectivity index (χ0v) is 12.0. The smallest absolute Gasteiger partial charge is 0.0430 e. The fraction of sp³-hybridized carbons (Fsp3) is 0.429. The van der Waals surface area contributed by atoms with E-state index in [0.29, 0.717) is 6.04 Å². The van der Waals surface area contributed by atoms with Gasteiger partial charge in [0.05, 0.1) is 0 Å². The van der Waals surface area contributed by atoms with Crippen LogP contribution in [0.4, 0.5) is 0 Å². The van der Waals surface area contributed by atoms with Crippen molar-refractivity contribution in [3.8, 4) is 11.8 Å². The van der Waals surface area contributed by atoms with E-state index in [0.717, 1.165) is 19.4 Å². The fourth-order valence-electron chi connectivity index (χ4n) is 1.53. The molecule has 0 aromatic heterocycles. The number of hydrogen-bond acceptors (Lipinski definition) is 1. The van der Waals surface area contributed by atoms with Crippen LogP contribution in [0.25, 0.3) is 0 Å². The standard InChI is InChI=1S/C14H18IN/c1-3-5-6-14(16-11-4-2)12-7-9-13(15)10-8-12/h7-10,14,16H,4,6,11H2,1-2H3. The first kappa shape index (κ1) is 13.5. The predicted molar refractivity (Wildman–Crippen MR) is 78.3 cm³/mol. The van der Waals surface area contributed by atoms with E-state index in [1.165, 1.54) is 9.13 Å². The van der Waals surface area contributed by atoms with Gasteiger partial charge in [-0.1, -0.05) is 19.1 Å². The van der Waals surface area contributed by atoms with Gasteiger partial charge in [-0.05, 0) is 60.2 Å². The molecule has 0 aliphatic rings. The Labute approximate surface area is 112 Å². The third-order valence-corrected chi connectivity index (χ3v) is 3.12. The van der Waals surface area contributed by atoms with Crippen LogP contribution >= 0.6 is 22.6 Å². The van der Waals surface area contributed by atoms with E-state index in [9.17, 15) is 0 Å². The molecule has 86 valence electrons. The Morgan fingerprint density at radius 1 is 1.31 bits per heavy atom. The largest absolute Gasteiger partial charge is 0.309 e. The van der Waals surface area contributed by atoms with Crippen molar-refractivity contribution in [1.29, 1.82) is 0 Å². The molecule has 1 atom stereocenters. The molecule has 1 unspecified atom stereocenters. The third-order valence-electron chi connectivity index (χ3n) is 2.40. The Morgan fingerprint density at radius 2 is 2.00 bits per heavy atom. The lowest BCUT2D eigenvalue weighted by Crippen LogP contribution is -2.21. The fourth-order valence-corrected chi connectivity index (χ4v) is 1.89. The van der Waals surface area contributed by atoms with Gasteiger partial charge in [0.2, 0.25) is 0 Å². The van der Waals surface area contributed by atoms with Crippen molar-refractivity contribution in [3.05, 3.63) is 33.4 Å². The first-order valence-corrected chi connectivity index (χ1v) is 6.74. The average molecular weight is 327 g/mol. The number of rotatable bonds is 5. The van der Waals surface area contributed by atoms with Gasteiger partial charge in [-0.2, -0.15) is 0 Å². The van der Waals surface area contributed by atoms with E-state index in [1.807, 2.05) is 6.92 Å². The number of hydrogen-bond donors (Lipinski definition) is 1. The van der Waals surface area contributed by atoms with Crippen LogP contribution in [0.1, 0.15) is 38.3 Å². The molecule has 0 radical (unpaired) electrons. The Balaban J connectivity index is 2.72. The van der Waals surface area contributed by atoms with Gasteiger partial charge in [0.25, 0.3) is 0 Å². The average Bonchev–Trinajstić information content (AvgIpc) is 2.31. The maximum absolute atomic E-state index is 3.54. The lowest BCUT2D eigenvalue weighted by molar-refractivity contribution is 0.542. The van der Waals surface area contributed by atoms with Crippen molar-refractivity contribution in [3.63, 3.8) is 0 Å². The molecule has 0 saturated carbocycles. The molecular weight excluding hydrogens is 309 g/mol. The van der Waals surface area contributed by atoms with Crippen molar-refractivity contribution < 1.29 is 0 Å². The van der Waals surface area contributed by atoms with Gasteiger partial charge in [-0.3, -0.25) is 0 Å². The molecule has 16 heavy (non-hydrogen) atoms. The second-order valence-electron chi connectivity index (χ2n) is 3.69. The summed E-state index contributed by atoms with van der Waals surface area (Å²) in [4.78, 5) is 0. The minimum Gasteiger partial charge on any atom is -0.309 e. The van der Waals surface area contributed by atoms with Crippen molar-refractivity contribution in [2.24, 2.45) is 0 Å². The molecule has 0 saturated heterocycles. The zero-order valence-electron chi connectivity index (χ0n) is 9.89. The maximum atomic E-state index is 3.54. The van der Waals surface area contributed by atoms with Gasteiger partial charge in [-0.25, -0.2) is 0 Å². The van der Waals surface area contributed by atoms with Crippen LogP contribution in [0, 0.1) is 15.4 Å². The molecule has 1 aromatic carbocycles. The zero-order chi connectivity index (χ0) is 11.8. The van der Waals surface area contributed by atoms with Crippen LogP contribution in [0.2, 0.25) is 0 Å².